The second-order valence-corrected chi connectivity index (χ2v) is 5.90. The third-order valence-electron chi connectivity index (χ3n) is 4.35. The quantitative estimate of drug-likeness (QED) is 0.900. The third-order valence-corrected chi connectivity index (χ3v) is 4.35. The molecule has 22 heavy (non-hydrogen) atoms. The highest BCUT2D eigenvalue weighted by Gasteiger charge is 2.25. The molecule has 0 bridgehead atoms. The van der Waals surface area contributed by atoms with Gasteiger partial charge in [0.15, 0.2) is 0 Å². The van der Waals surface area contributed by atoms with E-state index < -0.39 is 5.97 Å². The summed E-state index contributed by atoms with van der Waals surface area (Å²) in [5.41, 5.74) is 3.12. The first kappa shape index (κ1) is 14.6. The summed E-state index contributed by atoms with van der Waals surface area (Å²) in [6.45, 7) is 2.03. The van der Waals surface area contributed by atoms with Gasteiger partial charge < -0.3 is 14.8 Å². The van der Waals surface area contributed by atoms with Crippen LogP contribution < -0.4 is 5.32 Å². The predicted molar refractivity (Wildman–Crippen MR) is 83.7 cm³/mol. The Kier molecular flexibility index (Phi) is 4.13. The van der Waals surface area contributed by atoms with Crippen molar-refractivity contribution in [2.45, 2.75) is 38.6 Å². The molecule has 1 aliphatic rings. The van der Waals surface area contributed by atoms with Crippen LogP contribution in [0.3, 0.4) is 0 Å². The minimum Gasteiger partial charge on any atom is -0.481 e. The van der Waals surface area contributed by atoms with E-state index in [4.69, 9.17) is 9.52 Å². The number of hydrogen-bond acceptors (Lipinski definition) is 4. The number of aromatic nitrogens is 1. The van der Waals surface area contributed by atoms with Crippen LogP contribution in [0, 0.1) is 12.8 Å². The lowest BCUT2D eigenvalue weighted by Gasteiger charge is -2.27. The average Bonchev–Trinajstić information content (AvgIpc) is 3.04. The largest absolute Gasteiger partial charge is 0.481 e. The maximum Gasteiger partial charge on any atom is 0.306 e. The highest BCUT2D eigenvalue weighted by molar-refractivity contribution is 5.70. The fraction of sp³-hybridized carbons (Fsp3) is 0.412. The van der Waals surface area contributed by atoms with E-state index in [-0.39, 0.29) is 5.92 Å². The zero-order valence-corrected chi connectivity index (χ0v) is 12.6. The van der Waals surface area contributed by atoms with E-state index in [1.165, 1.54) is 0 Å². The molecule has 5 nitrogen and oxygen atoms in total. The second kappa shape index (κ2) is 6.22. The molecule has 0 unspecified atom stereocenters. The Bertz CT molecular complexity index is 644. The number of oxazole rings is 1. The summed E-state index contributed by atoms with van der Waals surface area (Å²) >= 11 is 0. The second-order valence-electron chi connectivity index (χ2n) is 5.90. The number of rotatable bonds is 4. The Morgan fingerprint density at radius 3 is 2.73 bits per heavy atom. The Balaban J connectivity index is 1.69. The molecule has 3 rings (SSSR count). The number of carboxylic acids is 1. The fourth-order valence-electron chi connectivity index (χ4n) is 3.02. The summed E-state index contributed by atoms with van der Waals surface area (Å²) in [6, 6.07) is 6.47. The van der Waals surface area contributed by atoms with Gasteiger partial charge in [0.2, 0.25) is 5.89 Å². The summed E-state index contributed by atoms with van der Waals surface area (Å²) in [5.74, 6) is -0.227. The van der Waals surface area contributed by atoms with Crippen molar-refractivity contribution in [3.63, 3.8) is 0 Å². The SMILES string of the molecule is Cc1ccc(NC2CCC(C(=O)O)CC2)cc1-c1ncco1. The van der Waals surface area contributed by atoms with E-state index in [0.717, 1.165) is 42.5 Å². The van der Waals surface area contributed by atoms with Crippen LogP contribution in [-0.2, 0) is 4.79 Å². The summed E-state index contributed by atoms with van der Waals surface area (Å²) < 4.78 is 5.38. The Morgan fingerprint density at radius 2 is 2.09 bits per heavy atom. The van der Waals surface area contributed by atoms with E-state index >= 15 is 0 Å². The molecule has 0 amide bonds. The lowest BCUT2D eigenvalue weighted by Crippen LogP contribution is -2.29. The van der Waals surface area contributed by atoms with Crippen molar-refractivity contribution < 1.29 is 14.3 Å². The first-order valence-corrected chi connectivity index (χ1v) is 7.63. The Labute approximate surface area is 129 Å². The highest BCUT2D eigenvalue weighted by atomic mass is 16.4. The Hall–Kier alpha value is -2.30. The van der Waals surface area contributed by atoms with Gasteiger partial charge in [0, 0.05) is 17.3 Å². The number of benzene rings is 1. The molecule has 0 atom stereocenters. The van der Waals surface area contributed by atoms with E-state index in [1.54, 1.807) is 12.5 Å². The highest BCUT2D eigenvalue weighted by Crippen LogP contribution is 2.29. The minimum atomic E-state index is -0.667. The molecule has 1 aliphatic carbocycles. The normalized spacial score (nSPS) is 21.5. The molecule has 0 saturated heterocycles. The molecular weight excluding hydrogens is 280 g/mol. The number of nitrogens with zero attached hydrogens (tertiary/aromatic N) is 1. The summed E-state index contributed by atoms with van der Waals surface area (Å²) in [7, 11) is 0. The molecule has 0 radical (unpaired) electrons. The smallest absolute Gasteiger partial charge is 0.306 e. The number of aliphatic carboxylic acids is 1. The summed E-state index contributed by atoms with van der Waals surface area (Å²) in [5, 5.41) is 12.6. The fourth-order valence-corrected chi connectivity index (χ4v) is 3.02. The molecule has 116 valence electrons. The lowest BCUT2D eigenvalue weighted by atomic mass is 9.86. The standard InChI is InChI=1S/C17H20N2O3/c1-11-2-5-14(10-15(11)16-18-8-9-22-16)19-13-6-3-12(4-7-13)17(20)21/h2,5,8-10,12-13,19H,3-4,6-7H2,1H3,(H,20,21). The lowest BCUT2D eigenvalue weighted by molar-refractivity contribution is -0.142. The molecule has 0 aliphatic heterocycles. The first-order valence-electron chi connectivity index (χ1n) is 7.63. The predicted octanol–water partition coefficient (Wildman–Crippen LogP) is 3.71. The van der Waals surface area contributed by atoms with Crippen LogP contribution in [0.15, 0.2) is 35.1 Å². The van der Waals surface area contributed by atoms with E-state index in [2.05, 4.69) is 10.3 Å². The van der Waals surface area contributed by atoms with Crippen LogP contribution in [-0.4, -0.2) is 22.1 Å². The van der Waals surface area contributed by atoms with Gasteiger partial charge >= 0.3 is 5.97 Å². The maximum atomic E-state index is 11.0. The van der Waals surface area contributed by atoms with Crippen molar-refractivity contribution in [3.8, 4) is 11.5 Å². The van der Waals surface area contributed by atoms with Gasteiger partial charge in [0.25, 0.3) is 0 Å². The van der Waals surface area contributed by atoms with E-state index in [1.807, 2.05) is 25.1 Å². The van der Waals surface area contributed by atoms with Crippen molar-refractivity contribution in [2.24, 2.45) is 5.92 Å². The monoisotopic (exact) mass is 300 g/mol. The molecule has 1 fully saturated rings. The van der Waals surface area contributed by atoms with Crippen molar-refractivity contribution in [1.29, 1.82) is 0 Å². The van der Waals surface area contributed by atoms with Gasteiger partial charge in [-0.2, -0.15) is 0 Å². The van der Waals surface area contributed by atoms with Crippen LogP contribution in [0.5, 0.6) is 0 Å². The number of aryl methyl sites for hydroxylation is 1. The molecule has 2 aromatic rings. The third kappa shape index (κ3) is 3.13. The maximum absolute atomic E-state index is 11.0. The van der Waals surface area contributed by atoms with Crippen LogP contribution in [0.4, 0.5) is 5.69 Å². The van der Waals surface area contributed by atoms with Crippen molar-refractivity contribution >= 4 is 11.7 Å². The van der Waals surface area contributed by atoms with Gasteiger partial charge in [-0.3, -0.25) is 4.79 Å². The summed E-state index contributed by atoms with van der Waals surface area (Å²) in [4.78, 5) is 15.2. The average molecular weight is 300 g/mol. The zero-order valence-electron chi connectivity index (χ0n) is 12.6. The molecule has 1 aromatic heterocycles. The van der Waals surface area contributed by atoms with Gasteiger partial charge in [-0.1, -0.05) is 6.07 Å². The first-order chi connectivity index (χ1) is 10.6. The van der Waals surface area contributed by atoms with Gasteiger partial charge in [-0.05, 0) is 50.3 Å². The Morgan fingerprint density at radius 1 is 1.32 bits per heavy atom. The minimum absolute atomic E-state index is 0.182. The molecule has 5 heteroatoms. The van der Waals surface area contributed by atoms with Gasteiger partial charge in [-0.15, -0.1) is 0 Å². The van der Waals surface area contributed by atoms with Crippen LogP contribution in [0.2, 0.25) is 0 Å². The number of carbonyl (C=O) groups is 1. The number of anilines is 1. The number of carboxylic acid groups (broad SMARTS) is 1. The van der Waals surface area contributed by atoms with Gasteiger partial charge in [0.1, 0.15) is 6.26 Å². The van der Waals surface area contributed by atoms with E-state index in [0.29, 0.717) is 11.9 Å². The van der Waals surface area contributed by atoms with Gasteiger partial charge in [0.05, 0.1) is 12.1 Å². The van der Waals surface area contributed by atoms with Crippen molar-refractivity contribution in [3.05, 3.63) is 36.2 Å². The van der Waals surface area contributed by atoms with Crippen molar-refractivity contribution in [2.75, 3.05) is 5.32 Å². The van der Waals surface area contributed by atoms with E-state index in [9.17, 15) is 4.79 Å². The van der Waals surface area contributed by atoms with Crippen LogP contribution in [0.25, 0.3) is 11.5 Å². The summed E-state index contributed by atoms with van der Waals surface area (Å²) in [6.07, 6.45) is 6.47. The molecule has 0 spiro atoms. The van der Waals surface area contributed by atoms with Crippen LogP contribution in [0.1, 0.15) is 31.2 Å². The molecular formula is C17H20N2O3. The molecule has 2 N–H and O–H groups in total. The zero-order chi connectivity index (χ0) is 15.5. The van der Waals surface area contributed by atoms with Crippen molar-refractivity contribution in [1.82, 2.24) is 4.98 Å². The number of hydrogen-bond donors (Lipinski definition) is 2. The molecule has 1 heterocycles. The molecule has 1 aromatic carbocycles. The van der Waals surface area contributed by atoms with Gasteiger partial charge in [-0.25, -0.2) is 4.98 Å². The topological polar surface area (TPSA) is 75.4 Å². The van der Waals surface area contributed by atoms with Crippen LogP contribution >= 0.6 is 0 Å². The number of nitrogens with one attached hydrogen (secondary N) is 1. The molecule has 1 saturated carbocycles.